The Bertz CT molecular complexity index is 316. The van der Waals surface area contributed by atoms with Crippen molar-refractivity contribution < 1.29 is 4.79 Å². The fraction of sp³-hybridized carbons (Fsp3) is 0.933. The Hall–Kier alpha value is -0.570. The fourth-order valence-corrected chi connectivity index (χ4v) is 3.02. The van der Waals surface area contributed by atoms with E-state index >= 15 is 0 Å². The van der Waals surface area contributed by atoms with E-state index in [1.807, 2.05) is 0 Å². The first kappa shape index (κ1) is 13.9. The summed E-state index contributed by atoms with van der Waals surface area (Å²) in [6, 6.07) is 0. The predicted molar refractivity (Wildman–Crippen MR) is 74.3 cm³/mol. The lowest BCUT2D eigenvalue weighted by Crippen LogP contribution is -2.47. The maximum Gasteiger partial charge on any atom is 0.225 e. The molecule has 3 nitrogen and oxygen atoms in total. The van der Waals surface area contributed by atoms with Crippen LogP contribution in [0.3, 0.4) is 0 Å². The number of amides is 1. The van der Waals surface area contributed by atoms with Crippen LogP contribution in [0.15, 0.2) is 0 Å². The van der Waals surface area contributed by atoms with E-state index in [1.165, 1.54) is 19.3 Å². The number of nitrogens with one attached hydrogen (secondary N) is 2. The molecule has 1 aliphatic carbocycles. The van der Waals surface area contributed by atoms with Gasteiger partial charge in [-0.25, -0.2) is 0 Å². The van der Waals surface area contributed by atoms with Gasteiger partial charge < -0.3 is 10.6 Å². The molecule has 1 aliphatic heterocycles. The van der Waals surface area contributed by atoms with Crippen molar-refractivity contribution in [3.8, 4) is 0 Å². The highest BCUT2D eigenvalue weighted by atomic mass is 16.2. The third-order valence-electron chi connectivity index (χ3n) is 5.13. The highest BCUT2D eigenvalue weighted by Gasteiger charge is 2.46. The van der Waals surface area contributed by atoms with E-state index in [0.717, 1.165) is 19.6 Å². The first-order valence-electron chi connectivity index (χ1n) is 7.33. The molecule has 2 aliphatic rings. The number of carbonyl (C=O) groups is 1. The van der Waals surface area contributed by atoms with Gasteiger partial charge in [-0.15, -0.1) is 0 Å². The highest BCUT2D eigenvalue weighted by molar-refractivity contribution is 5.82. The second kappa shape index (κ2) is 4.84. The highest BCUT2D eigenvalue weighted by Crippen LogP contribution is 2.51. The SMILES string of the molecule is CC1(C)CC1CNC(=O)C(C)(C)C1CCCNC1. The van der Waals surface area contributed by atoms with Gasteiger partial charge in [0, 0.05) is 12.0 Å². The van der Waals surface area contributed by atoms with Crippen molar-refractivity contribution in [2.45, 2.75) is 47.0 Å². The Morgan fingerprint density at radius 2 is 2.11 bits per heavy atom. The third-order valence-corrected chi connectivity index (χ3v) is 5.13. The minimum absolute atomic E-state index is 0.235. The lowest BCUT2D eigenvalue weighted by atomic mass is 9.74. The van der Waals surface area contributed by atoms with Gasteiger partial charge in [-0.05, 0) is 49.6 Å². The molecule has 2 atom stereocenters. The molecular weight excluding hydrogens is 224 g/mol. The summed E-state index contributed by atoms with van der Waals surface area (Å²) in [6.07, 6.45) is 3.61. The molecule has 1 saturated carbocycles. The molecule has 1 saturated heterocycles. The number of rotatable bonds is 4. The first-order chi connectivity index (χ1) is 8.34. The van der Waals surface area contributed by atoms with Gasteiger partial charge in [0.2, 0.25) is 5.91 Å². The van der Waals surface area contributed by atoms with Crippen LogP contribution in [0.25, 0.3) is 0 Å². The van der Waals surface area contributed by atoms with E-state index in [-0.39, 0.29) is 11.3 Å². The molecule has 2 fully saturated rings. The molecule has 18 heavy (non-hydrogen) atoms. The molecule has 0 spiro atoms. The van der Waals surface area contributed by atoms with Gasteiger partial charge in [0.1, 0.15) is 0 Å². The number of carbonyl (C=O) groups excluding carboxylic acids is 1. The van der Waals surface area contributed by atoms with E-state index in [2.05, 4.69) is 38.3 Å². The van der Waals surface area contributed by atoms with Gasteiger partial charge in [0.05, 0.1) is 0 Å². The average Bonchev–Trinajstić information content (AvgIpc) is 2.95. The summed E-state index contributed by atoms with van der Waals surface area (Å²) >= 11 is 0. The number of hydrogen-bond acceptors (Lipinski definition) is 2. The lowest BCUT2D eigenvalue weighted by Gasteiger charge is -2.36. The summed E-state index contributed by atoms with van der Waals surface area (Å²) in [6.45, 7) is 11.7. The Morgan fingerprint density at radius 3 is 2.61 bits per heavy atom. The summed E-state index contributed by atoms with van der Waals surface area (Å²) in [5.41, 5.74) is 0.205. The largest absolute Gasteiger partial charge is 0.355 e. The maximum absolute atomic E-state index is 12.4. The van der Waals surface area contributed by atoms with Crippen LogP contribution in [0.1, 0.15) is 47.0 Å². The van der Waals surface area contributed by atoms with Crippen LogP contribution < -0.4 is 10.6 Å². The molecular formula is C15H28N2O. The molecule has 3 heteroatoms. The molecule has 104 valence electrons. The van der Waals surface area contributed by atoms with Crippen molar-refractivity contribution in [1.82, 2.24) is 10.6 Å². The van der Waals surface area contributed by atoms with Gasteiger partial charge in [-0.1, -0.05) is 27.7 Å². The number of piperidine rings is 1. The summed E-state index contributed by atoms with van der Waals surface area (Å²) in [5.74, 6) is 1.39. The van der Waals surface area contributed by atoms with Gasteiger partial charge in [0.15, 0.2) is 0 Å². The summed E-state index contributed by atoms with van der Waals surface area (Å²) in [4.78, 5) is 12.4. The molecule has 0 aromatic heterocycles. The van der Waals surface area contributed by atoms with Crippen LogP contribution in [0, 0.1) is 22.7 Å². The second-order valence-electron chi connectivity index (χ2n) is 7.36. The van der Waals surface area contributed by atoms with E-state index in [0.29, 0.717) is 17.3 Å². The summed E-state index contributed by atoms with van der Waals surface area (Å²) in [7, 11) is 0. The normalized spacial score (nSPS) is 30.9. The standard InChI is InChI=1S/C15H28N2O/c1-14(2)8-12(14)10-17-13(18)15(3,4)11-6-5-7-16-9-11/h11-12,16H,5-10H2,1-4H3,(H,17,18). The first-order valence-corrected chi connectivity index (χ1v) is 7.33. The Labute approximate surface area is 111 Å². The lowest BCUT2D eigenvalue weighted by molar-refractivity contribution is -0.132. The van der Waals surface area contributed by atoms with Crippen molar-refractivity contribution in [2.24, 2.45) is 22.7 Å². The molecule has 2 unspecified atom stereocenters. The Kier molecular flexibility index (Phi) is 3.72. The minimum atomic E-state index is -0.244. The zero-order valence-electron chi connectivity index (χ0n) is 12.3. The molecule has 2 N–H and O–H groups in total. The average molecular weight is 252 g/mol. The van der Waals surface area contributed by atoms with Crippen molar-refractivity contribution in [2.75, 3.05) is 19.6 Å². The van der Waals surface area contributed by atoms with Crippen molar-refractivity contribution >= 4 is 5.91 Å². The summed E-state index contributed by atoms with van der Waals surface area (Å²) < 4.78 is 0. The maximum atomic E-state index is 12.4. The topological polar surface area (TPSA) is 41.1 Å². The molecule has 0 bridgehead atoms. The Morgan fingerprint density at radius 1 is 1.44 bits per heavy atom. The van der Waals surface area contributed by atoms with Gasteiger partial charge in [-0.3, -0.25) is 4.79 Å². The van der Waals surface area contributed by atoms with Crippen LogP contribution in [0.2, 0.25) is 0 Å². The zero-order chi connectivity index (χ0) is 13.4. The van der Waals surface area contributed by atoms with Gasteiger partial charge in [0.25, 0.3) is 0 Å². The zero-order valence-corrected chi connectivity index (χ0v) is 12.3. The molecule has 1 heterocycles. The second-order valence-corrected chi connectivity index (χ2v) is 7.36. The van der Waals surface area contributed by atoms with E-state index in [9.17, 15) is 4.79 Å². The smallest absolute Gasteiger partial charge is 0.225 e. The van der Waals surface area contributed by atoms with Gasteiger partial charge in [-0.2, -0.15) is 0 Å². The van der Waals surface area contributed by atoms with Gasteiger partial charge >= 0.3 is 0 Å². The minimum Gasteiger partial charge on any atom is -0.355 e. The summed E-state index contributed by atoms with van der Waals surface area (Å²) in [5, 5.41) is 6.58. The van der Waals surface area contributed by atoms with Crippen LogP contribution in [0.4, 0.5) is 0 Å². The molecule has 1 amide bonds. The van der Waals surface area contributed by atoms with Crippen LogP contribution >= 0.6 is 0 Å². The fourth-order valence-electron chi connectivity index (χ4n) is 3.02. The van der Waals surface area contributed by atoms with Crippen molar-refractivity contribution in [1.29, 1.82) is 0 Å². The van der Waals surface area contributed by atoms with Crippen LogP contribution in [0.5, 0.6) is 0 Å². The van der Waals surface area contributed by atoms with E-state index < -0.39 is 0 Å². The molecule has 2 rings (SSSR count). The molecule has 0 aromatic rings. The van der Waals surface area contributed by atoms with Crippen LogP contribution in [-0.2, 0) is 4.79 Å². The molecule has 0 radical (unpaired) electrons. The van der Waals surface area contributed by atoms with Crippen LogP contribution in [-0.4, -0.2) is 25.5 Å². The quantitative estimate of drug-likeness (QED) is 0.805. The van der Waals surface area contributed by atoms with Crippen molar-refractivity contribution in [3.05, 3.63) is 0 Å². The van der Waals surface area contributed by atoms with Crippen molar-refractivity contribution in [3.63, 3.8) is 0 Å². The third kappa shape index (κ3) is 2.87. The molecule has 0 aromatic carbocycles. The van der Waals surface area contributed by atoms with E-state index in [1.54, 1.807) is 0 Å². The predicted octanol–water partition coefficient (Wildman–Crippen LogP) is 2.17. The number of hydrogen-bond donors (Lipinski definition) is 2. The van der Waals surface area contributed by atoms with E-state index in [4.69, 9.17) is 0 Å². The Balaban J connectivity index is 1.82. The monoisotopic (exact) mass is 252 g/mol.